The molecule has 0 bridgehead atoms. The molecular weight excluding hydrogens is 578 g/mol. The van der Waals surface area contributed by atoms with E-state index in [0.717, 1.165) is 58.9 Å². The van der Waals surface area contributed by atoms with Crippen LogP contribution in [0.15, 0.2) is 60.7 Å². The first-order valence-electron chi connectivity index (χ1n) is 13.3. The lowest BCUT2D eigenvalue weighted by Crippen LogP contribution is -2.35. The number of carboxylic acid groups (broad SMARTS) is 2. The van der Waals surface area contributed by atoms with Gasteiger partial charge in [0.15, 0.2) is 5.78 Å². The largest absolute Gasteiger partial charge is 0.508 e. The van der Waals surface area contributed by atoms with Crippen molar-refractivity contribution in [3.63, 3.8) is 0 Å². The van der Waals surface area contributed by atoms with Crippen molar-refractivity contribution < 1.29 is 49.0 Å². The van der Waals surface area contributed by atoms with E-state index in [1.54, 1.807) is 25.3 Å². The number of methoxy groups -OCH3 is 1. The van der Waals surface area contributed by atoms with Gasteiger partial charge in [0.1, 0.15) is 23.9 Å². The number of hydrogen-bond donors (Lipinski definition) is 4. The lowest BCUT2D eigenvalue weighted by atomic mass is 9.96. The normalized spacial score (nSPS) is 13.2. The average molecular weight is 610 g/mol. The minimum absolute atomic E-state index is 0.0606. The van der Waals surface area contributed by atoms with Crippen LogP contribution < -0.4 is 9.47 Å². The maximum Gasteiger partial charge on any atom is 0.414 e. The number of ketones is 1. The molecule has 1 fully saturated rings. The molecule has 43 heavy (non-hydrogen) atoms. The molecule has 1 aromatic heterocycles. The number of thiophene rings is 1. The first kappa shape index (κ1) is 31.4. The summed E-state index contributed by atoms with van der Waals surface area (Å²) in [7, 11) is 1.63. The van der Waals surface area contributed by atoms with Crippen molar-refractivity contribution in [3.05, 3.63) is 77.4 Å². The molecule has 4 N–H and O–H groups in total. The number of rotatable bonds is 9. The highest BCUT2D eigenvalue weighted by molar-refractivity contribution is 7.22. The number of aliphatic hydroxyl groups is 1. The van der Waals surface area contributed by atoms with Crippen molar-refractivity contribution in [1.29, 1.82) is 0 Å². The molecule has 0 aliphatic carbocycles. The van der Waals surface area contributed by atoms with E-state index in [1.165, 1.54) is 11.3 Å². The van der Waals surface area contributed by atoms with Gasteiger partial charge in [0, 0.05) is 51.3 Å². The molecule has 1 aliphatic heterocycles. The Kier molecular flexibility index (Phi) is 10.7. The number of ether oxygens (including phenoxy) is 3. The van der Waals surface area contributed by atoms with E-state index < -0.39 is 11.9 Å². The van der Waals surface area contributed by atoms with Crippen LogP contribution in [0.25, 0.3) is 20.5 Å². The highest BCUT2D eigenvalue weighted by Gasteiger charge is 2.23. The fourth-order valence-electron chi connectivity index (χ4n) is 4.54. The van der Waals surface area contributed by atoms with Crippen LogP contribution in [-0.2, 0) is 20.9 Å². The SMILES string of the molecule is COc1cc(C(=O)c2c(-c3ccc(OCCO)cc3)sc3cc(O)ccc23)ccc1CN1CCOCC1.O=C(O)C(=O)O. The second kappa shape index (κ2) is 14.6. The van der Waals surface area contributed by atoms with Crippen molar-refractivity contribution >= 4 is 39.1 Å². The van der Waals surface area contributed by atoms with Crippen LogP contribution in [0.4, 0.5) is 0 Å². The van der Waals surface area contributed by atoms with E-state index in [4.69, 9.17) is 39.1 Å². The molecule has 5 rings (SSSR count). The standard InChI is InChI=1S/C29H29NO6S.C2H2O4/c1-34-25-16-20(2-3-21(25)18-30-10-13-35-14-11-30)28(33)27-24-9-6-22(32)17-26(24)37-29(27)19-4-7-23(8-5-19)36-15-12-31;3-1(4)2(5)6/h2-9,16-17,31-32H,10-15,18H2,1H3;(H,3,4)(H,5,6). The zero-order valence-electron chi connectivity index (χ0n) is 23.3. The minimum Gasteiger partial charge on any atom is -0.508 e. The third-order valence-electron chi connectivity index (χ3n) is 6.61. The van der Waals surface area contributed by atoms with Gasteiger partial charge in [-0.15, -0.1) is 11.3 Å². The second-order valence-electron chi connectivity index (χ2n) is 9.44. The third-order valence-corrected chi connectivity index (χ3v) is 7.81. The summed E-state index contributed by atoms with van der Waals surface area (Å²) in [6.07, 6.45) is 0. The molecule has 3 aromatic carbocycles. The fraction of sp³-hybridized carbons (Fsp3) is 0.258. The molecule has 0 radical (unpaired) electrons. The number of aromatic hydroxyl groups is 1. The lowest BCUT2D eigenvalue weighted by Gasteiger charge is -2.27. The molecule has 0 amide bonds. The Hall–Kier alpha value is -4.49. The first-order valence-corrected chi connectivity index (χ1v) is 14.1. The predicted molar refractivity (Wildman–Crippen MR) is 159 cm³/mol. The number of benzene rings is 3. The summed E-state index contributed by atoms with van der Waals surface area (Å²) in [4.78, 5) is 35.3. The number of carbonyl (C=O) groups is 3. The van der Waals surface area contributed by atoms with Crippen molar-refractivity contribution in [1.82, 2.24) is 4.90 Å². The number of phenols is 1. The van der Waals surface area contributed by atoms with Crippen LogP contribution in [0, 0.1) is 0 Å². The van der Waals surface area contributed by atoms with E-state index in [1.807, 2.05) is 42.5 Å². The van der Waals surface area contributed by atoms with Gasteiger partial charge in [0.05, 0.1) is 26.9 Å². The first-order chi connectivity index (χ1) is 20.7. The maximum atomic E-state index is 14.0. The quantitative estimate of drug-likeness (QED) is 0.161. The van der Waals surface area contributed by atoms with Crippen LogP contribution in [0.2, 0.25) is 0 Å². The van der Waals surface area contributed by atoms with Crippen molar-refractivity contribution in [3.8, 4) is 27.7 Å². The summed E-state index contributed by atoms with van der Waals surface area (Å²) >= 11 is 1.46. The van der Waals surface area contributed by atoms with Gasteiger partial charge in [-0.1, -0.05) is 12.1 Å². The molecule has 0 atom stereocenters. The van der Waals surface area contributed by atoms with Crippen LogP contribution in [0.1, 0.15) is 21.5 Å². The Labute approximate surface area is 251 Å². The van der Waals surface area contributed by atoms with Gasteiger partial charge in [-0.25, -0.2) is 9.59 Å². The van der Waals surface area contributed by atoms with Crippen LogP contribution in [-0.4, -0.2) is 89.7 Å². The highest BCUT2D eigenvalue weighted by Crippen LogP contribution is 2.42. The summed E-state index contributed by atoms with van der Waals surface area (Å²) in [6, 6.07) is 18.2. The number of aliphatic carboxylic acids is 2. The molecule has 4 aromatic rings. The van der Waals surface area contributed by atoms with E-state index in [0.29, 0.717) is 22.6 Å². The molecule has 226 valence electrons. The van der Waals surface area contributed by atoms with Gasteiger partial charge in [-0.2, -0.15) is 0 Å². The lowest BCUT2D eigenvalue weighted by molar-refractivity contribution is -0.159. The average Bonchev–Trinajstić information content (AvgIpc) is 3.39. The van der Waals surface area contributed by atoms with Crippen molar-refractivity contribution in [2.24, 2.45) is 0 Å². The summed E-state index contributed by atoms with van der Waals surface area (Å²) in [5.74, 6) is -2.28. The van der Waals surface area contributed by atoms with Crippen molar-refractivity contribution in [2.45, 2.75) is 6.54 Å². The Morgan fingerprint density at radius 2 is 1.65 bits per heavy atom. The van der Waals surface area contributed by atoms with E-state index in [-0.39, 0.29) is 24.7 Å². The molecule has 0 saturated carbocycles. The van der Waals surface area contributed by atoms with Gasteiger partial charge >= 0.3 is 11.9 Å². The molecule has 1 aliphatic rings. The Bertz CT molecular complexity index is 1580. The van der Waals surface area contributed by atoms with Crippen molar-refractivity contribution in [2.75, 3.05) is 46.6 Å². The van der Waals surface area contributed by atoms with Gasteiger partial charge in [-0.05, 0) is 54.1 Å². The molecule has 11 nitrogen and oxygen atoms in total. The number of carboxylic acids is 2. The molecule has 0 spiro atoms. The fourth-order valence-corrected chi connectivity index (χ4v) is 5.78. The molecule has 12 heteroatoms. The smallest absolute Gasteiger partial charge is 0.414 e. The molecular formula is C31H31NO10S. The monoisotopic (exact) mass is 609 g/mol. The number of carbonyl (C=O) groups excluding carboxylic acids is 1. The van der Waals surface area contributed by atoms with Crippen LogP contribution >= 0.6 is 11.3 Å². The van der Waals surface area contributed by atoms with E-state index in [2.05, 4.69) is 4.90 Å². The third kappa shape index (κ3) is 7.87. The van der Waals surface area contributed by atoms with E-state index in [9.17, 15) is 9.90 Å². The van der Waals surface area contributed by atoms with E-state index >= 15 is 0 Å². The molecule has 2 heterocycles. The Morgan fingerprint density at radius 3 is 2.28 bits per heavy atom. The summed E-state index contributed by atoms with van der Waals surface area (Å²) in [5.41, 5.74) is 3.03. The number of hydrogen-bond acceptors (Lipinski definition) is 10. The predicted octanol–water partition coefficient (Wildman–Crippen LogP) is 3.87. The maximum absolute atomic E-state index is 14.0. The van der Waals surface area contributed by atoms with Gasteiger partial charge < -0.3 is 34.6 Å². The summed E-state index contributed by atoms with van der Waals surface area (Å²) in [6.45, 7) is 4.06. The number of morpholine rings is 1. The summed E-state index contributed by atoms with van der Waals surface area (Å²) in [5, 5.41) is 34.6. The minimum atomic E-state index is -1.82. The highest BCUT2D eigenvalue weighted by atomic mass is 32.1. The number of fused-ring (bicyclic) bond motifs is 1. The number of phenolic OH excluding ortho intramolecular Hbond substituents is 1. The Balaban J connectivity index is 0.000000641. The van der Waals surface area contributed by atoms with Gasteiger partial charge in [0.25, 0.3) is 0 Å². The van der Waals surface area contributed by atoms with Gasteiger partial charge in [-0.3, -0.25) is 9.69 Å². The zero-order chi connectivity index (χ0) is 30.9. The second-order valence-corrected chi connectivity index (χ2v) is 10.5. The molecule has 1 saturated heterocycles. The zero-order valence-corrected chi connectivity index (χ0v) is 24.1. The Morgan fingerprint density at radius 1 is 0.953 bits per heavy atom. The van der Waals surface area contributed by atoms with Crippen LogP contribution in [0.3, 0.4) is 0 Å². The van der Waals surface area contributed by atoms with Crippen LogP contribution in [0.5, 0.6) is 17.2 Å². The van der Waals surface area contributed by atoms with Gasteiger partial charge in [0.2, 0.25) is 0 Å². The summed E-state index contributed by atoms with van der Waals surface area (Å²) < 4.78 is 17.5. The number of nitrogens with zero attached hydrogens (tertiary/aromatic N) is 1. The topological polar surface area (TPSA) is 163 Å². The molecule has 0 unspecified atom stereocenters. The number of aliphatic hydroxyl groups excluding tert-OH is 1.